The third kappa shape index (κ3) is 4.84. The molecule has 0 aromatic carbocycles. The molecule has 8 nitrogen and oxygen atoms in total. The van der Waals surface area contributed by atoms with Gasteiger partial charge in [0, 0.05) is 29.8 Å². The topological polar surface area (TPSA) is 70.2 Å². The Hall–Kier alpha value is -2.78. The van der Waals surface area contributed by atoms with Crippen LogP contribution in [-0.2, 0) is 17.6 Å². The van der Waals surface area contributed by atoms with Crippen molar-refractivity contribution in [2.75, 3.05) is 40.5 Å². The van der Waals surface area contributed by atoms with Gasteiger partial charge in [0.1, 0.15) is 0 Å². The molecule has 0 bridgehead atoms. The molecule has 0 radical (unpaired) electrons. The van der Waals surface area contributed by atoms with Gasteiger partial charge in [0.05, 0.1) is 55.8 Å². The van der Waals surface area contributed by atoms with Gasteiger partial charge in [-0.3, -0.25) is 4.68 Å². The Morgan fingerprint density at radius 1 is 1.20 bits per heavy atom. The van der Waals surface area contributed by atoms with Crippen molar-refractivity contribution >= 4 is 0 Å². The maximum absolute atomic E-state index is 14.5. The first-order chi connectivity index (χ1) is 17.1. The van der Waals surface area contributed by atoms with Gasteiger partial charge in [-0.2, -0.15) is 10.2 Å². The fraction of sp³-hybridized carbons (Fsp3) is 0.577. The summed E-state index contributed by atoms with van der Waals surface area (Å²) in [7, 11) is 3.61. The highest BCUT2D eigenvalue weighted by molar-refractivity contribution is 5.64. The van der Waals surface area contributed by atoms with Gasteiger partial charge >= 0.3 is 0 Å². The number of nitrogens with zero attached hydrogens (tertiary/aromatic N) is 6. The summed E-state index contributed by atoms with van der Waals surface area (Å²) in [4.78, 5) is 6.53. The van der Waals surface area contributed by atoms with E-state index in [4.69, 9.17) is 19.7 Å². The Balaban J connectivity index is 1.51. The molecular formula is C26H35FN6O2. The van der Waals surface area contributed by atoms with E-state index in [-0.39, 0.29) is 5.88 Å². The zero-order valence-electron chi connectivity index (χ0n) is 20.9. The minimum Gasteiger partial charge on any atom is -0.479 e. The van der Waals surface area contributed by atoms with Crippen LogP contribution in [0.1, 0.15) is 49.9 Å². The van der Waals surface area contributed by atoms with Gasteiger partial charge in [-0.05, 0) is 51.7 Å². The monoisotopic (exact) mass is 482 g/mol. The molecule has 5 rings (SSSR count). The number of piperidine rings is 1. The Morgan fingerprint density at radius 3 is 2.74 bits per heavy atom. The van der Waals surface area contributed by atoms with Crippen molar-refractivity contribution < 1.29 is 13.9 Å². The van der Waals surface area contributed by atoms with E-state index in [1.54, 1.807) is 6.20 Å². The van der Waals surface area contributed by atoms with Crippen molar-refractivity contribution in [2.45, 2.75) is 51.5 Å². The lowest BCUT2D eigenvalue weighted by Crippen LogP contribution is -2.34. The van der Waals surface area contributed by atoms with E-state index in [9.17, 15) is 4.39 Å². The van der Waals surface area contributed by atoms with Gasteiger partial charge in [0.15, 0.2) is 5.82 Å². The minimum atomic E-state index is -0.506. The zero-order valence-corrected chi connectivity index (χ0v) is 20.9. The van der Waals surface area contributed by atoms with Crippen LogP contribution in [0, 0.1) is 11.7 Å². The Bertz CT molecular complexity index is 1150. The largest absolute Gasteiger partial charge is 0.479 e. The van der Waals surface area contributed by atoms with Crippen LogP contribution in [0.5, 0.6) is 5.88 Å². The van der Waals surface area contributed by atoms with Crippen LogP contribution in [0.4, 0.5) is 4.39 Å². The van der Waals surface area contributed by atoms with E-state index in [0.29, 0.717) is 37.3 Å². The Labute approximate surface area is 206 Å². The van der Waals surface area contributed by atoms with Crippen LogP contribution >= 0.6 is 0 Å². The lowest BCUT2D eigenvalue weighted by atomic mass is 9.87. The number of hydrogen-bond donors (Lipinski definition) is 0. The molecule has 1 fully saturated rings. The summed E-state index contributed by atoms with van der Waals surface area (Å²) < 4.78 is 29.2. The summed E-state index contributed by atoms with van der Waals surface area (Å²) in [6.45, 7) is 5.78. The molecule has 2 aliphatic rings. The number of pyridine rings is 1. The SMILES string of the molecule is CCCC(C1CCN(C)CC1)n1cc(-c2nn(-c3cnc(OC)c(F)c3)c3c2CCOCC3)cn1. The number of aromatic nitrogens is 5. The van der Waals surface area contributed by atoms with E-state index < -0.39 is 5.82 Å². The molecule has 35 heavy (non-hydrogen) atoms. The molecule has 0 amide bonds. The number of ether oxygens (including phenoxy) is 2. The molecule has 9 heteroatoms. The van der Waals surface area contributed by atoms with Crippen LogP contribution in [-0.4, -0.2) is 69.9 Å². The van der Waals surface area contributed by atoms with Gasteiger partial charge in [-0.25, -0.2) is 14.1 Å². The predicted molar refractivity (Wildman–Crippen MR) is 131 cm³/mol. The summed E-state index contributed by atoms with van der Waals surface area (Å²) in [6.07, 6.45) is 11.8. The van der Waals surface area contributed by atoms with Crippen LogP contribution in [0.2, 0.25) is 0 Å². The van der Waals surface area contributed by atoms with Crippen LogP contribution < -0.4 is 4.74 Å². The third-order valence-corrected chi connectivity index (χ3v) is 7.41. The number of likely N-dealkylation sites (tertiary alicyclic amines) is 1. The Kier molecular flexibility index (Phi) is 7.15. The van der Waals surface area contributed by atoms with Crippen molar-refractivity contribution in [3.63, 3.8) is 0 Å². The van der Waals surface area contributed by atoms with Crippen LogP contribution in [0.25, 0.3) is 16.9 Å². The molecule has 1 atom stereocenters. The van der Waals surface area contributed by atoms with Crippen molar-refractivity contribution in [3.8, 4) is 22.8 Å². The Morgan fingerprint density at radius 2 is 2.00 bits per heavy atom. The first-order valence-corrected chi connectivity index (χ1v) is 12.7. The van der Waals surface area contributed by atoms with Gasteiger partial charge in [-0.1, -0.05) is 13.3 Å². The molecular weight excluding hydrogens is 447 g/mol. The molecule has 3 aromatic heterocycles. The molecule has 0 N–H and O–H groups in total. The first-order valence-electron chi connectivity index (χ1n) is 12.7. The first kappa shape index (κ1) is 23.9. The normalized spacial score (nSPS) is 18.3. The fourth-order valence-electron chi connectivity index (χ4n) is 5.51. The van der Waals surface area contributed by atoms with E-state index in [1.165, 1.54) is 26.0 Å². The molecule has 2 aliphatic heterocycles. The van der Waals surface area contributed by atoms with Crippen molar-refractivity contribution in [3.05, 3.63) is 41.7 Å². The van der Waals surface area contributed by atoms with Gasteiger partial charge in [-0.15, -0.1) is 0 Å². The maximum atomic E-state index is 14.5. The second-order valence-electron chi connectivity index (χ2n) is 9.69. The van der Waals surface area contributed by atoms with Crippen molar-refractivity contribution in [2.24, 2.45) is 5.92 Å². The summed E-state index contributed by atoms with van der Waals surface area (Å²) in [6, 6.07) is 1.82. The summed E-state index contributed by atoms with van der Waals surface area (Å²) in [5.74, 6) is 0.108. The van der Waals surface area contributed by atoms with E-state index in [1.807, 2.05) is 10.9 Å². The molecule has 0 saturated carbocycles. The zero-order chi connectivity index (χ0) is 24.4. The summed E-state index contributed by atoms with van der Waals surface area (Å²) >= 11 is 0. The van der Waals surface area contributed by atoms with E-state index >= 15 is 0 Å². The van der Waals surface area contributed by atoms with Crippen molar-refractivity contribution in [1.29, 1.82) is 0 Å². The molecule has 5 heterocycles. The second kappa shape index (κ2) is 10.5. The smallest absolute Gasteiger partial charge is 0.250 e. The van der Waals surface area contributed by atoms with E-state index in [0.717, 1.165) is 54.9 Å². The molecule has 1 unspecified atom stereocenters. The minimum absolute atomic E-state index is 0.0206. The lowest BCUT2D eigenvalue weighted by molar-refractivity contribution is 0.145. The molecule has 1 saturated heterocycles. The van der Waals surface area contributed by atoms with E-state index in [2.05, 4.69) is 34.7 Å². The summed E-state index contributed by atoms with van der Waals surface area (Å²) in [5, 5.41) is 9.80. The average molecular weight is 483 g/mol. The standard InChI is InChI=1S/C26H35FN6O2/c1-4-5-23(18-6-10-31(2)11-7-18)32-17-19(15-29-32)25-21-8-12-35-13-9-24(21)33(30-25)20-14-22(27)26(34-3)28-16-20/h14-18,23H,4-13H2,1-3H3. The highest BCUT2D eigenvalue weighted by atomic mass is 19.1. The fourth-order valence-corrected chi connectivity index (χ4v) is 5.51. The number of methoxy groups -OCH3 is 1. The van der Waals surface area contributed by atoms with Crippen molar-refractivity contribution in [1.82, 2.24) is 29.4 Å². The van der Waals surface area contributed by atoms with Crippen LogP contribution in [0.15, 0.2) is 24.7 Å². The molecule has 188 valence electrons. The van der Waals surface area contributed by atoms with Crippen LogP contribution in [0.3, 0.4) is 0 Å². The molecule has 0 spiro atoms. The third-order valence-electron chi connectivity index (χ3n) is 7.41. The highest BCUT2D eigenvalue weighted by Gasteiger charge is 2.28. The summed E-state index contributed by atoms with van der Waals surface area (Å²) in [5.41, 5.74) is 4.65. The number of fused-ring (bicyclic) bond motifs is 1. The molecule has 0 aliphatic carbocycles. The second-order valence-corrected chi connectivity index (χ2v) is 9.69. The van der Waals surface area contributed by atoms with Gasteiger partial charge in [0.25, 0.3) is 0 Å². The van der Waals surface area contributed by atoms with Gasteiger partial charge < -0.3 is 14.4 Å². The highest BCUT2D eigenvalue weighted by Crippen LogP contribution is 2.35. The number of halogens is 1. The maximum Gasteiger partial charge on any atom is 0.250 e. The average Bonchev–Trinajstić information content (AvgIpc) is 3.41. The predicted octanol–water partition coefficient (Wildman–Crippen LogP) is 4.08. The lowest BCUT2D eigenvalue weighted by Gasteiger charge is -2.34. The number of rotatable bonds is 7. The number of hydrogen-bond acceptors (Lipinski definition) is 6. The van der Waals surface area contributed by atoms with Gasteiger partial charge in [0.2, 0.25) is 5.88 Å². The molecule has 3 aromatic rings. The quantitative estimate of drug-likeness (QED) is 0.506.